The highest BCUT2D eigenvalue weighted by Crippen LogP contribution is 2.42. The molecule has 2 atom stereocenters. The largest absolute Gasteiger partial charge is 0.359 e. The molecule has 1 N–H and O–H groups in total. The predicted octanol–water partition coefficient (Wildman–Crippen LogP) is 5.86. The third-order valence-electron chi connectivity index (χ3n) is 6.17. The Morgan fingerprint density at radius 1 is 1.21 bits per heavy atom. The highest BCUT2D eigenvalue weighted by molar-refractivity contribution is 14.2. The Bertz CT molecular complexity index is 1140. The highest BCUT2D eigenvalue weighted by atomic mass is 127. The fourth-order valence-electron chi connectivity index (χ4n) is 4.16. The van der Waals surface area contributed by atoms with Gasteiger partial charge in [-0.05, 0) is 76.5 Å². The maximum atomic E-state index is 11.7. The monoisotopic (exact) mass is 571 g/mol. The summed E-state index contributed by atoms with van der Waals surface area (Å²) in [6, 6.07) is 17.1. The van der Waals surface area contributed by atoms with Gasteiger partial charge in [-0.3, -0.25) is 4.79 Å². The van der Waals surface area contributed by atoms with E-state index < -0.39 is 0 Å². The zero-order valence-electron chi connectivity index (χ0n) is 18.7. The number of halogens is 1. The van der Waals surface area contributed by atoms with Crippen molar-refractivity contribution in [3.05, 3.63) is 77.9 Å². The van der Waals surface area contributed by atoms with Crippen molar-refractivity contribution in [1.82, 2.24) is 14.9 Å². The summed E-state index contributed by atoms with van der Waals surface area (Å²) in [6.45, 7) is 3.00. The second kappa shape index (κ2) is 11.3. The summed E-state index contributed by atoms with van der Waals surface area (Å²) in [4.78, 5) is 16.1. The molecule has 7 heteroatoms. The molecule has 1 amide bonds. The van der Waals surface area contributed by atoms with Gasteiger partial charge in [0.2, 0.25) is 5.91 Å². The van der Waals surface area contributed by atoms with Crippen molar-refractivity contribution in [1.29, 1.82) is 0 Å². The Labute approximate surface area is 210 Å². The quantitative estimate of drug-likeness (QED) is 0.220. The van der Waals surface area contributed by atoms with Crippen molar-refractivity contribution in [3.8, 4) is 23.0 Å². The number of hydrogen-bond donors (Lipinski definition) is 1. The first-order valence-electron chi connectivity index (χ1n) is 11.0. The molecule has 0 saturated heterocycles. The molecule has 1 aliphatic carbocycles. The van der Waals surface area contributed by atoms with Gasteiger partial charge in [0.1, 0.15) is 11.9 Å². The molecule has 0 radical (unpaired) electrons. The number of hydrogen-bond acceptors (Lipinski definition) is 3. The molecule has 0 bridgehead atoms. The number of carbonyl (C=O) groups excluding carboxylic acids is 1. The Kier molecular flexibility index (Phi) is 8.19. The number of nitrogens with one attached hydrogen (secondary N) is 1. The van der Waals surface area contributed by atoms with Crippen LogP contribution in [0.4, 0.5) is 0 Å². The molecule has 2 aromatic carbocycles. The molecule has 1 aromatic heterocycles. The predicted molar refractivity (Wildman–Crippen MR) is 142 cm³/mol. The molecule has 4 rings (SSSR count). The van der Waals surface area contributed by atoms with Crippen LogP contribution in [-0.4, -0.2) is 22.5 Å². The maximum absolute atomic E-state index is 11.7. The lowest BCUT2D eigenvalue weighted by Crippen LogP contribution is -2.35. The van der Waals surface area contributed by atoms with Crippen LogP contribution in [0.2, 0.25) is 0 Å². The topological polar surface area (TPSA) is 56.2 Å². The maximum Gasteiger partial charge on any atom is 0.222 e. The van der Waals surface area contributed by atoms with Crippen LogP contribution in [0, 0.1) is 17.8 Å². The van der Waals surface area contributed by atoms with Crippen molar-refractivity contribution in [2.45, 2.75) is 38.3 Å². The second-order valence-corrected chi connectivity index (χ2v) is 9.94. The van der Waals surface area contributed by atoms with Crippen LogP contribution in [0.3, 0.4) is 0 Å². The minimum absolute atomic E-state index is 0.0377. The van der Waals surface area contributed by atoms with E-state index in [4.69, 9.17) is 4.52 Å². The number of aromatic nitrogens is 2. The summed E-state index contributed by atoms with van der Waals surface area (Å²) < 4.78 is 7.69. The third kappa shape index (κ3) is 5.84. The van der Waals surface area contributed by atoms with Gasteiger partial charge in [0.15, 0.2) is 0 Å². The number of benzene rings is 2. The van der Waals surface area contributed by atoms with E-state index in [1.54, 1.807) is 13.2 Å². The normalized spacial score (nSPS) is 18.4. The van der Waals surface area contributed by atoms with E-state index in [0.717, 1.165) is 24.2 Å². The zero-order valence-corrected chi connectivity index (χ0v) is 21.9. The Morgan fingerprint density at radius 2 is 1.88 bits per heavy atom. The van der Waals surface area contributed by atoms with Crippen LogP contribution in [0.15, 0.2) is 60.9 Å². The average Bonchev–Trinajstić information content (AvgIpc) is 3.28. The lowest BCUT2D eigenvalue weighted by Gasteiger charge is -2.34. The van der Waals surface area contributed by atoms with E-state index in [2.05, 4.69) is 92.7 Å². The van der Waals surface area contributed by atoms with Crippen molar-refractivity contribution in [2.75, 3.05) is 7.05 Å². The standard InChI is InChI=1S/C26H27IN3O2P/c1-18(32-33-27)25-29-13-15-30(25)14-3-4-19-5-7-20(8-6-19)21-9-11-22(12-10-21)23-16-24(17-23)26(31)28-2/h5-13,15,18,23-24,33H,14,16-17H2,1-2H3,(H,28,31). The second-order valence-electron chi connectivity index (χ2n) is 8.23. The molecule has 3 aromatic rings. The molecule has 33 heavy (non-hydrogen) atoms. The SMILES string of the molecule is CNC(=O)C1CC(c2ccc(-c3ccc(C#CCn4ccnc4C(C)OPI)cc3)cc2)C1. The smallest absolute Gasteiger partial charge is 0.222 e. The molecule has 0 spiro atoms. The number of amides is 1. The van der Waals surface area contributed by atoms with Crippen LogP contribution in [-0.2, 0) is 15.9 Å². The summed E-state index contributed by atoms with van der Waals surface area (Å²) in [5, 5.41) is 2.75. The first-order valence-corrected chi connectivity index (χ1v) is 15.0. The van der Waals surface area contributed by atoms with E-state index in [1.165, 1.54) is 16.7 Å². The lowest BCUT2D eigenvalue weighted by atomic mass is 9.71. The summed E-state index contributed by atoms with van der Waals surface area (Å²) in [5.41, 5.74) is 4.67. The Balaban J connectivity index is 1.35. The van der Waals surface area contributed by atoms with E-state index in [9.17, 15) is 4.79 Å². The van der Waals surface area contributed by atoms with E-state index in [1.807, 2.05) is 17.7 Å². The molecule has 5 nitrogen and oxygen atoms in total. The number of carbonyl (C=O) groups is 1. The summed E-state index contributed by atoms with van der Waals surface area (Å²) in [7, 11) is 1.71. The Morgan fingerprint density at radius 3 is 2.52 bits per heavy atom. The molecule has 1 saturated carbocycles. The van der Waals surface area contributed by atoms with Gasteiger partial charge in [0.25, 0.3) is 0 Å². The van der Waals surface area contributed by atoms with Crippen LogP contribution in [0.25, 0.3) is 11.1 Å². The molecule has 170 valence electrons. The summed E-state index contributed by atoms with van der Waals surface area (Å²) in [5.74, 6) is 8.21. The number of nitrogens with zero attached hydrogens (tertiary/aromatic N) is 2. The molecular weight excluding hydrogens is 544 g/mol. The fourth-order valence-corrected chi connectivity index (χ4v) is 5.54. The minimum atomic E-state index is -0.0377. The van der Waals surface area contributed by atoms with E-state index in [-0.39, 0.29) is 17.9 Å². The van der Waals surface area contributed by atoms with Gasteiger partial charge < -0.3 is 14.4 Å². The third-order valence-corrected chi connectivity index (χ3v) is 7.38. The molecule has 0 aliphatic heterocycles. The minimum Gasteiger partial charge on any atom is -0.359 e. The molecule has 1 heterocycles. The van der Waals surface area contributed by atoms with Crippen LogP contribution in [0.1, 0.15) is 48.7 Å². The first-order chi connectivity index (χ1) is 16.1. The Hall–Kier alpha value is -2.20. The van der Waals surface area contributed by atoms with Gasteiger partial charge in [-0.2, -0.15) is 0 Å². The van der Waals surface area contributed by atoms with Gasteiger partial charge in [-0.15, -0.1) is 0 Å². The number of imidazole rings is 1. The van der Waals surface area contributed by atoms with Gasteiger partial charge >= 0.3 is 0 Å². The zero-order chi connectivity index (χ0) is 23.2. The first kappa shape index (κ1) is 23.9. The average molecular weight is 571 g/mol. The molecular formula is C26H27IN3O2P. The van der Waals surface area contributed by atoms with Gasteiger partial charge in [0.05, 0.1) is 13.0 Å². The lowest BCUT2D eigenvalue weighted by molar-refractivity contribution is -0.127. The van der Waals surface area contributed by atoms with Crippen molar-refractivity contribution >= 4 is 34.4 Å². The summed E-state index contributed by atoms with van der Waals surface area (Å²) in [6.07, 6.45) is 5.58. The van der Waals surface area contributed by atoms with E-state index >= 15 is 0 Å². The van der Waals surface area contributed by atoms with E-state index in [0.29, 0.717) is 18.9 Å². The highest BCUT2D eigenvalue weighted by Gasteiger charge is 2.34. The molecule has 1 fully saturated rings. The van der Waals surface area contributed by atoms with Gasteiger partial charge in [-0.1, -0.05) is 48.2 Å². The van der Waals surface area contributed by atoms with Crippen molar-refractivity contribution < 1.29 is 9.32 Å². The number of rotatable bonds is 7. The fraction of sp³-hybridized carbons (Fsp3) is 0.308. The molecule has 1 aliphatic rings. The van der Waals surface area contributed by atoms with Crippen molar-refractivity contribution in [2.24, 2.45) is 5.92 Å². The van der Waals surface area contributed by atoms with Gasteiger partial charge in [-0.25, -0.2) is 4.98 Å². The van der Waals surface area contributed by atoms with Crippen LogP contribution in [0.5, 0.6) is 0 Å². The summed E-state index contributed by atoms with van der Waals surface area (Å²) >= 11 is 2.22. The van der Waals surface area contributed by atoms with Crippen LogP contribution < -0.4 is 5.32 Å². The van der Waals surface area contributed by atoms with Gasteiger partial charge in [0, 0.05) is 30.9 Å². The van der Waals surface area contributed by atoms with Crippen molar-refractivity contribution in [3.63, 3.8) is 0 Å². The van der Waals surface area contributed by atoms with Crippen LogP contribution >= 0.6 is 28.5 Å². The molecule has 2 unspecified atom stereocenters.